The van der Waals surface area contributed by atoms with Gasteiger partial charge in [0.2, 0.25) is 0 Å². The summed E-state index contributed by atoms with van der Waals surface area (Å²) in [5.41, 5.74) is 1.78. The Balaban J connectivity index is 1.60. The minimum absolute atomic E-state index is 0.104. The third kappa shape index (κ3) is 4.08. The second-order valence-electron chi connectivity index (χ2n) is 5.21. The summed E-state index contributed by atoms with van der Waals surface area (Å²) in [4.78, 5) is 12.1. The lowest BCUT2D eigenvalue weighted by Gasteiger charge is -2.07. The quantitative estimate of drug-likeness (QED) is 0.615. The smallest absolute Gasteiger partial charge is 0.338 e. The topological polar surface area (TPSA) is 44.1 Å². The number of hydrogen-bond acceptors (Lipinski definition) is 3. The third-order valence-corrected chi connectivity index (χ3v) is 3.96. The number of aromatic nitrogens is 2. The minimum Gasteiger partial charge on any atom is -0.457 e. The molecule has 0 aliphatic rings. The van der Waals surface area contributed by atoms with Crippen LogP contribution in [0.3, 0.4) is 0 Å². The largest absolute Gasteiger partial charge is 0.457 e. The normalized spacial score (nSPS) is 10.6. The van der Waals surface area contributed by atoms with E-state index in [9.17, 15) is 9.18 Å². The van der Waals surface area contributed by atoms with Crippen LogP contribution in [0.25, 0.3) is 0 Å². The summed E-state index contributed by atoms with van der Waals surface area (Å²) in [5, 5.41) is 4.13. The molecule has 0 aliphatic carbocycles. The molecule has 2 aromatic carbocycles. The molecule has 4 nitrogen and oxygen atoms in total. The van der Waals surface area contributed by atoms with E-state index in [0.29, 0.717) is 22.1 Å². The maximum absolute atomic E-state index is 13.7. The number of benzene rings is 2. The SMILES string of the molecule is O=C(OCc1ccc(Br)cc1F)c1ccc(Cn2cccn2)cc1. The van der Waals surface area contributed by atoms with Gasteiger partial charge in [-0.05, 0) is 35.9 Å². The van der Waals surface area contributed by atoms with Gasteiger partial charge >= 0.3 is 5.97 Å². The number of nitrogens with zero attached hydrogens (tertiary/aromatic N) is 2. The Morgan fingerprint density at radius 2 is 2.00 bits per heavy atom. The van der Waals surface area contributed by atoms with Gasteiger partial charge in [0.05, 0.1) is 12.1 Å². The van der Waals surface area contributed by atoms with Crippen molar-refractivity contribution in [1.29, 1.82) is 0 Å². The molecule has 0 saturated heterocycles. The summed E-state index contributed by atoms with van der Waals surface area (Å²) in [5.74, 6) is -0.894. The minimum atomic E-state index is -0.483. The van der Waals surface area contributed by atoms with Crippen LogP contribution in [-0.2, 0) is 17.9 Å². The summed E-state index contributed by atoms with van der Waals surface area (Å²) in [6, 6.07) is 13.6. The van der Waals surface area contributed by atoms with Crippen LogP contribution in [-0.4, -0.2) is 15.7 Å². The molecule has 122 valence electrons. The fraction of sp³-hybridized carbons (Fsp3) is 0.111. The lowest BCUT2D eigenvalue weighted by Crippen LogP contribution is -2.07. The summed E-state index contributed by atoms with van der Waals surface area (Å²) in [6.07, 6.45) is 3.59. The molecule has 1 heterocycles. The average molecular weight is 389 g/mol. The van der Waals surface area contributed by atoms with Crippen LogP contribution >= 0.6 is 15.9 Å². The molecule has 3 aromatic rings. The van der Waals surface area contributed by atoms with E-state index in [4.69, 9.17) is 4.74 Å². The molecule has 0 spiro atoms. The van der Waals surface area contributed by atoms with E-state index in [1.807, 2.05) is 24.4 Å². The van der Waals surface area contributed by atoms with Crippen molar-refractivity contribution in [1.82, 2.24) is 9.78 Å². The molecule has 24 heavy (non-hydrogen) atoms. The highest BCUT2D eigenvalue weighted by atomic mass is 79.9. The van der Waals surface area contributed by atoms with Gasteiger partial charge in [0.1, 0.15) is 12.4 Å². The Hall–Kier alpha value is -2.47. The zero-order valence-corrected chi connectivity index (χ0v) is 14.2. The van der Waals surface area contributed by atoms with Crippen LogP contribution in [0, 0.1) is 5.82 Å². The van der Waals surface area contributed by atoms with Gasteiger partial charge in [-0.2, -0.15) is 5.10 Å². The van der Waals surface area contributed by atoms with Crippen LogP contribution in [0.5, 0.6) is 0 Å². The van der Waals surface area contributed by atoms with Crippen molar-refractivity contribution in [3.05, 3.63) is 87.9 Å². The second-order valence-corrected chi connectivity index (χ2v) is 6.13. The van der Waals surface area contributed by atoms with Crippen molar-refractivity contribution in [3.63, 3.8) is 0 Å². The molecule has 0 saturated carbocycles. The molecule has 0 atom stereocenters. The Bertz CT molecular complexity index is 833. The lowest BCUT2D eigenvalue weighted by molar-refractivity contribution is 0.0469. The number of carbonyl (C=O) groups excluding carboxylic acids is 1. The summed E-state index contributed by atoms with van der Waals surface area (Å²) < 4.78 is 21.3. The predicted octanol–water partition coefficient (Wildman–Crippen LogP) is 4.19. The van der Waals surface area contributed by atoms with Crippen LogP contribution in [0.1, 0.15) is 21.5 Å². The zero-order valence-electron chi connectivity index (χ0n) is 12.7. The van der Waals surface area contributed by atoms with Crippen molar-refractivity contribution < 1.29 is 13.9 Å². The highest BCUT2D eigenvalue weighted by Gasteiger charge is 2.10. The number of carbonyl (C=O) groups is 1. The first-order valence-corrected chi connectivity index (χ1v) is 8.08. The first-order valence-electron chi connectivity index (χ1n) is 7.29. The van der Waals surface area contributed by atoms with E-state index in [1.54, 1.807) is 35.1 Å². The molecule has 0 N–H and O–H groups in total. The van der Waals surface area contributed by atoms with Crippen molar-refractivity contribution in [2.75, 3.05) is 0 Å². The maximum atomic E-state index is 13.7. The summed E-state index contributed by atoms with van der Waals surface area (Å²) in [6.45, 7) is 0.527. The van der Waals surface area contributed by atoms with Gasteiger partial charge in [-0.1, -0.05) is 34.1 Å². The number of hydrogen-bond donors (Lipinski definition) is 0. The van der Waals surface area contributed by atoms with Gasteiger partial charge in [-0.25, -0.2) is 9.18 Å². The second kappa shape index (κ2) is 7.40. The van der Waals surface area contributed by atoms with Crippen molar-refractivity contribution >= 4 is 21.9 Å². The van der Waals surface area contributed by atoms with Crippen LogP contribution in [0.15, 0.2) is 65.4 Å². The van der Waals surface area contributed by atoms with Gasteiger partial charge in [-0.15, -0.1) is 0 Å². The molecule has 0 radical (unpaired) electrons. The molecule has 0 unspecified atom stereocenters. The van der Waals surface area contributed by atoms with E-state index in [-0.39, 0.29) is 6.61 Å². The van der Waals surface area contributed by atoms with Gasteiger partial charge in [-0.3, -0.25) is 4.68 Å². The predicted molar refractivity (Wildman–Crippen MR) is 91.0 cm³/mol. The third-order valence-electron chi connectivity index (χ3n) is 3.47. The van der Waals surface area contributed by atoms with Gasteiger partial charge in [0, 0.05) is 22.4 Å². The zero-order chi connectivity index (χ0) is 16.9. The number of esters is 1. The lowest BCUT2D eigenvalue weighted by atomic mass is 10.1. The van der Waals surface area contributed by atoms with E-state index < -0.39 is 11.8 Å². The Kier molecular flexibility index (Phi) is 5.05. The van der Waals surface area contributed by atoms with Crippen LogP contribution in [0.4, 0.5) is 4.39 Å². The maximum Gasteiger partial charge on any atom is 0.338 e. The molecule has 0 amide bonds. The van der Waals surface area contributed by atoms with Crippen molar-refractivity contribution in [3.8, 4) is 0 Å². The Labute approximate surface area is 147 Å². The number of halogens is 2. The molecule has 0 aliphatic heterocycles. The average Bonchev–Trinajstić information content (AvgIpc) is 3.07. The fourth-order valence-electron chi connectivity index (χ4n) is 2.19. The van der Waals surface area contributed by atoms with Crippen molar-refractivity contribution in [2.24, 2.45) is 0 Å². The van der Waals surface area contributed by atoms with E-state index in [0.717, 1.165) is 5.56 Å². The summed E-state index contributed by atoms with van der Waals surface area (Å²) in [7, 11) is 0. The van der Waals surface area contributed by atoms with E-state index in [1.165, 1.54) is 6.07 Å². The molecule has 3 rings (SSSR count). The van der Waals surface area contributed by atoms with Gasteiger partial charge in [0.25, 0.3) is 0 Å². The van der Waals surface area contributed by atoms with Crippen molar-refractivity contribution in [2.45, 2.75) is 13.2 Å². The molecular formula is C18H14BrFN2O2. The van der Waals surface area contributed by atoms with E-state index in [2.05, 4.69) is 21.0 Å². The molecule has 0 fully saturated rings. The molecule has 0 bridgehead atoms. The highest BCUT2D eigenvalue weighted by molar-refractivity contribution is 9.10. The Morgan fingerprint density at radius 3 is 2.67 bits per heavy atom. The molecular weight excluding hydrogens is 375 g/mol. The standard InChI is InChI=1S/C18H14BrFN2O2/c19-16-7-6-15(17(20)10-16)12-24-18(23)14-4-2-13(3-5-14)11-22-9-1-8-21-22/h1-10H,11-12H2. The van der Waals surface area contributed by atoms with Gasteiger partial charge in [0.15, 0.2) is 0 Å². The van der Waals surface area contributed by atoms with E-state index >= 15 is 0 Å². The highest BCUT2D eigenvalue weighted by Crippen LogP contribution is 2.16. The first kappa shape index (κ1) is 16.4. The fourth-order valence-corrected chi connectivity index (χ4v) is 2.53. The van der Waals surface area contributed by atoms with Crippen LogP contribution < -0.4 is 0 Å². The molecule has 1 aromatic heterocycles. The van der Waals surface area contributed by atoms with Gasteiger partial charge < -0.3 is 4.74 Å². The monoisotopic (exact) mass is 388 g/mol. The first-order chi connectivity index (χ1) is 11.6. The molecule has 6 heteroatoms. The summed E-state index contributed by atoms with van der Waals surface area (Å²) >= 11 is 3.19. The number of ether oxygens (including phenoxy) is 1. The van der Waals surface area contributed by atoms with Crippen LogP contribution in [0.2, 0.25) is 0 Å². The Morgan fingerprint density at radius 1 is 1.21 bits per heavy atom. The number of rotatable bonds is 5.